The number of β-amino-alcohol motifs (C(OH)–C–C–N with tert-alkyl or cyclic N) is 1. The first-order chi connectivity index (χ1) is 12.2. The van der Waals surface area contributed by atoms with Crippen LogP contribution in [0, 0.1) is 0 Å². The molecule has 6 nitrogen and oxygen atoms in total. The summed E-state index contributed by atoms with van der Waals surface area (Å²) < 4.78 is 0. The molecule has 0 radical (unpaired) electrons. The van der Waals surface area contributed by atoms with Crippen LogP contribution in [0.1, 0.15) is 43.4 Å². The number of piperidine rings is 2. The Labute approximate surface area is 148 Å². The summed E-state index contributed by atoms with van der Waals surface area (Å²) in [5.74, 6) is 0. The molecule has 25 heavy (non-hydrogen) atoms. The smallest absolute Gasteiger partial charge is 0.123 e. The Morgan fingerprint density at radius 2 is 1.84 bits per heavy atom. The second kappa shape index (κ2) is 7.14. The van der Waals surface area contributed by atoms with Crippen LogP contribution in [0.4, 0.5) is 5.69 Å². The molecule has 3 heterocycles. The van der Waals surface area contributed by atoms with Gasteiger partial charge in [-0.15, -0.1) is 0 Å². The van der Waals surface area contributed by atoms with Crippen LogP contribution < -0.4 is 4.90 Å². The first kappa shape index (κ1) is 16.5. The van der Waals surface area contributed by atoms with E-state index < -0.39 is 5.60 Å². The maximum absolute atomic E-state index is 10.9. The molecule has 2 saturated heterocycles. The highest BCUT2D eigenvalue weighted by molar-refractivity contribution is 5.47. The average molecular weight is 341 g/mol. The van der Waals surface area contributed by atoms with Gasteiger partial charge in [0.15, 0.2) is 0 Å². The van der Waals surface area contributed by atoms with E-state index in [2.05, 4.69) is 49.5 Å². The van der Waals surface area contributed by atoms with Crippen LogP contribution in [-0.4, -0.2) is 51.6 Å². The van der Waals surface area contributed by atoms with Crippen molar-refractivity contribution in [2.45, 2.75) is 44.2 Å². The largest absolute Gasteiger partial charge is 0.382 e. The standard InChI is InChI=1S/C19H27N5O/c25-19(18-13-20-22-21-18)9-4-10-23(15-19)14-16-5-7-17(8-6-16)24-11-2-1-3-12-24/h5-8,13,25H,1-4,9-12,14-15H2,(H,20,21,22). The molecule has 0 amide bonds. The van der Waals surface area contributed by atoms with E-state index in [0.717, 1.165) is 25.9 Å². The summed E-state index contributed by atoms with van der Waals surface area (Å²) in [6.07, 6.45) is 7.31. The van der Waals surface area contributed by atoms with Crippen LogP contribution in [0.2, 0.25) is 0 Å². The van der Waals surface area contributed by atoms with Gasteiger partial charge in [0.25, 0.3) is 0 Å². The lowest BCUT2D eigenvalue weighted by Crippen LogP contribution is -2.45. The van der Waals surface area contributed by atoms with Gasteiger partial charge >= 0.3 is 0 Å². The van der Waals surface area contributed by atoms with Crippen molar-refractivity contribution in [1.82, 2.24) is 20.3 Å². The molecule has 2 aliphatic rings. The number of H-pyrrole nitrogens is 1. The van der Waals surface area contributed by atoms with Gasteiger partial charge in [-0.2, -0.15) is 15.4 Å². The quantitative estimate of drug-likeness (QED) is 0.893. The normalized spacial score (nSPS) is 25.2. The number of rotatable bonds is 4. The summed E-state index contributed by atoms with van der Waals surface area (Å²) in [4.78, 5) is 4.80. The molecule has 0 aliphatic carbocycles. The first-order valence-corrected chi connectivity index (χ1v) is 9.38. The fraction of sp³-hybridized carbons (Fsp3) is 0.579. The Kier molecular flexibility index (Phi) is 4.72. The van der Waals surface area contributed by atoms with Crippen molar-refractivity contribution < 1.29 is 5.11 Å². The van der Waals surface area contributed by atoms with Gasteiger partial charge < -0.3 is 10.0 Å². The lowest BCUT2D eigenvalue weighted by Gasteiger charge is -2.38. The van der Waals surface area contributed by atoms with Crippen LogP contribution in [0.3, 0.4) is 0 Å². The molecule has 2 fully saturated rings. The van der Waals surface area contributed by atoms with Gasteiger partial charge in [0.2, 0.25) is 0 Å². The molecule has 1 aromatic carbocycles. The third kappa shape index (κ3) is 3.70. The summed E-state index contributed by atoms with van der Waals surface area (Å²) in [5, 5.41) is 21.5. The Morgan fingerprint density at radius 3 is 2.56 bits per heavy atom. The summed E-state index contributed by atoms with van der Waals surface area (Å²) in [6, 6.07) is 8.95. The van der Waals surface area contributed by atoms with Gasteiger partial charge in [0, 0.05) is 31.9 Å². The lowest BCUT2D eigenvalue weighted by atomic mass is 9.90. The van der Waals surface area contributed by atoms with E-state index in [4.69, 9.17) is 0 Å². The Morgan fingerprint density at radius 1 is 1.04 bits per heavy atom. The molecule has 2 aliphatic heterocycles. The van der Waals surface area contributed by atoms with Crippen molar-refractivity contribution in [3.63, 3.8) is 0 Å². The molecule has 1 unspecified atom stereocenters. The second-order valence-electron chi connectivity index (χ2n) is 7.42. The van der Waals surface area contributed by atoms with E-state index in [1.54, 1.807) is 6.20 Å². The Hall–Kier alpha value is -1.92. The maximum atomic E-state index is 10.9. The van der Waals surface area contributed by atoms with Crippen molar-refractivity contribution in [3.8, 4) is 0 Å². The molecule has 4 rings (SSSR count). The summed E-state index contributed by atoms with van der Waals surface area (Å²) in [6.45, 7) is 4.83. The fourth-order valence-electron chi connectivity index (χ4n) is 4.12. The van der Waals surface area contributed by atoms with Crippen LogP contribution in [-0.2, 0) is 12.1 Å². The van der Waals surface area contributed by atoms with E-state index in [1.165, 1.54) is 43.6 Å². The van der Waals surface area contributed by atoms with Gasteiger partial charge in [0.05, 0.1) is 6.20 Å². The molecular weight excluding hydrogens is 314 g/mol. The first-order valence-electron chi connectivity index (χ1n) is 9.38. The van der Waals surface area contributed by atoms with E-state index in [1.807, 2.05) is 0 Å². The number of hydrogen-bond donors (Lipinski definition) is 2. The molecule has 1 aromatic heterocycles. The monoisotopic (exact) mass is 341 g/mol. The summed E-state index contributed by atoms with van der Waals surface area (Å²) in [7, 11) is 0. The highest BCUT2D eigenvalue weighted by Gasteiger charge is 2.37. The van der Waals surface area contributed by atoms with Crippen molar-refractivity contribution >= 4 is 5.69 Å². The second-order valence-corrected chi connectivity index (χ2v) is 7.42. The number of benzene rings is 1. The van der Waals surface area contributed by atoms with Crippen LogP contribution >= 0.6 is 0 Å². The minimum absolute atomic E-state index is 0.605. The summed E-state index contributed by atoms with van der Waals surface area (Å²) in [5.41, 5.74) is 2.39. The molecule has 0 bridgehead atoms. The lowest BCUT2D eigenvalue weighted by molar-refractivity contribution is -0.0414. The minimum Gasteiger partial charge on any atom is -0.382 e. The van der Waals surface area contributed by atoms with Crippen LogP contribution in [0.15, 0.2) is 30.5 Å². The highest BCUT2D eigenvalue weighted by Crippen LogP contribution is 2.30. The molecular formula is C19H27N5O. The topological polar surface area (TPSA) is 68.3 Å². The van der Waals surface area contributed by atoms with E-state index in [9.17, 15) is 5.11 Å². The van der Waals surface area contributed by atoms with Crippen molar-refractivity contribution in [2.24, 2.45) is 0 Å². The highest BCUT2D eigenvalue weighted by atomic mass is 16.3. The summed E-state index contributed by atoms with van der Waals surface area (Å²) >= 11 is 0. The molecule has 1 atom stereocenters. The third-order valence-corrected chi connectivity index (χ3v) is 5.51. The number of nitrogens with one attached hydrogen (secondary N) is 1. The van der Waals surface area contributed by atoms with Crippen LogP contribution in [0.25, 0.3) is 0 Å². The number of aromatic amines is 1. The maximum Gasteiger partial charge on any atom is 0.123 e. The number of anilines is 1. The Bertz CT molecular complexity index is 666. The predicted molar refractivity (Wildman–Crippen MR) is 97.3 cm³/mol. The number of hydrogen-bond acceptors (Lipinski definition) is 5. The van der Waals surface area contributed by atoms with Crippen molar-refractivity contribution in [2.75, 3.05) is 31.1 Å². The molecule has 0 spiro atoms. The minimum atomic E-state index is -0.890. The number of aromatic nitrogens is 3. The zero-order valence-corrected chi connectivity index (χ0v) is 14.7. The zero-order chi connectivity index (χ0) is 17.1. The predicted octanol–water partition coefficient (Wildman–Crippen LogP) is 2.28. The van der Waals surface area contributed by atoms with Gasteiger partial charge in [-0.25, -0.2) is 0 Å². The molecule has 2 aromatic rings. The van der Waals surface area contributed by atoms with E-state index in [-0.39, 0.29) is 0 Å². The molecule has 2 N–H and O–H groups in total. The average Bonchev–Trinajstić information content (AvgIpc) is 3.19. The molecule has 6 heteroatoms. The van der Waals surface area contributed by atoms with Gasteiger partial charge in [0.1, 0.15) is 11.3 Å². The number of nitrogens with zero attached hydrogens (tertiary/aromatic N) is 4. The SMILES string of the molecule is OC1(c2cn[nH]n2)CCCN(Cc2ccc(N3CCCCC3)cc2)C1. The van der Waals surface area contributed by atoms with Crippen molar-refractivity contribution in [1.29, 1.82) is 0 Å². The van der Waals surface area contributed by atoms with Gasteiger partial charge in [-0.1, -0.05) is 12.1 Å². The van der Waals surface area contributed by atoms with Gasteiger partial charge in [-0.05, 0) is 56.3 Å². The number of likely N-dealkylation sites (tertiary alicyclic amines) is 1. The zero-order valence-electron chi connectivity index (χ0n) is 14.7. The Balaban J connectivity index is 1.40. The van der Waals surface area contributed by atoms with Crippen LogP contribution in [0.5, 0.6) is 0 Å². The van der Waals surface area contributed by atoms with Gasteiger partial charge in [-0.3, -0.25) is 4.90 Å². The molecule has 0 saturated carbocycles. The number of aliphatic hydroxyl groups is 1. The fourth-order valence-corrected chi connectivity index (χ4v) is 4.12. The molecule has 134 valence electrons. The third-order valence-electron chi connectivity index (χ3n) is 5.51. The van der Waals surface area contributed by atoms with E-state index in [0.29, 0.717) is 12.2 Å². The van der Waals surface area contributed by atoms with E-state index >= 15 is 0 Å². The van der Waals surface area contributed by atoms with Crippen molar-refractivity contribution in [3.05, 3.63) is 41.7 Å².